The van der Waals surface area contributed by atoms with E-state index in [0.29, 0.717) is 6.42 Å². The first-order chi connectivity index (χ1) is 24.3. The quantitative estimate of drug-likeness (QED) is 0.0202. The molecular weight excluding hydrogens is 674 g/mol. The summed E-state index contributed by atoms with van der Waals surface area (Å²) in [5.74, 6) is -0.849. The van der Waals surface area contributed by atoms with Crippen LogP contribution in [0.5, 0.6) is 0 Å². The van der Waals surface area contributed by atoms with Crippen molar-refractivity contribution in [1.82, 2.24) is 0 Å². The van der Waals surface area contributed by atoms with E-state index in [1.807, 2.05) is 0 Å². The van der Waals surface area contributed by atoms with Crippen LogP contribution < -0.4 is 34.5 Å². The average Bonchev–Trinajstić information content (AvgIpc) is 3.09. The maximum atomic E-state index is 12.5. The van der Waals surface area contributed by atoms with E-state index >= 15 is 0 Å². The van der Waals surface area contributed by atoms with Gasteiger partial charge in [-0.15, -0.1) is 0 Å². The SMILES string of the molecule is CCCCCCCC/C=C\CCCCCCCC(=O)OC[C@H](COP(=O)([O-])OCC)OC(=O)CCCCCCC/C=C\CCCCCCCC.[Na+]. The van der Waals surface area contributed by atoms with Crippen molar-refractivity contribution >= 4 is 19.8 Å². The number of allylic oxidation sites excluding steroid dienone is 4. The predicted octanol–water partition coefficient (Wildman–Crippen LogP) is 9.04. The number of esters is 2. The molecule has 0 N–H and O–H groups in total. The summed E-state index contributed by atoms with van der Waals surface area (Å²) < 4.78 is 32.2. The summed E-state index contributed by atoms with van der Waals surface area (Å²) in [4.78, 5) is 36.7. The smallest absolute Gasteiger partial charge is 0.756 e. The molecule has 0 saturated heterocycles. The van der Waals surface area contributed by atoms with Gasteiger partial charge < -0.3 is 23.4 Å². The van der Waals surface area contributed by atoms with Crippen molar-refractivity contribution in [3.63, 3.8) is 0 Å². The molecule has 0 aliphatic carbocycles. The van der Waals surface area contributed by atoms with Crippen molar-refractivity contribution in [2.45, 2.75) is 207 Å². The largest absolute Gasteiger partial charge is 1.00 e. The van der Waals surface area contributed by atoms with Gasteiger partial charge in [-0.2, -0.15) is 0 Å². The number of ether oxygens (including phenoxy) is 2. The van der Waals surface area contributed by atoms with Crippen LogP contribution in [-0.2, 0) is 32.7 Å². The van der Waals surface area contributed by atoms with Gasteiger partial charge in [-0.25, -0.2) is 0 Å². The van der Waals surface area contributed by atoms with E-state index in [1.165, 1.54) is 96.8 Å². The van der Waals surface area contributed by atoms with Gasteiger partial charge in [0.2, 0.25) is 0 Å². The molecule has 0 aliphatic heterocycles. The maximum absolute atomic E-state index is 12.5. The van der Waals surface area contributed by atoms with E-state index in [9.17, 15) is 19.0 Å². The zero-order valence-electron chi connectivity index (χ0n) is 33.5. The first-order valence-corrected chi connectivity index (χ1v) is 22.1. The Bertz CT molecular complexity index is 882. The Morgan fingerprint density at radius 3 is 1.31 bits per heavy atom. The molecule has 8 nitrogen and oxygen atoms in total. The fraction of sp³-hybridized carbons (Fsp3) is 0.854. The summed E-state index contributed by atoms with van der Waals surface area (Å²) in [5, 5.41) is 0. The normalized spacial score (nSPS) is 13.3. The van der Waals surface area contributed by atoms with Gasteiger partial charge in [-0.1, -0.05) is 141 Å². The fourth-order valence-corrected chi connectivity index (χ4v) is 6.41. The van der Waals surface area contributed by atoms with E-state index in [-0.39, 0.29) is 55.6 Å². The first-order valence-electron chi connectivity index (χ1n) is 20.6. The summed E-state index contributed by atoms with van der Waals surface area (Å²) in [6, 6.07) is 0. The van der Waals surface area contributed by atoms with Gasteiger partial charge in [0, 0.05) is 12.8 Å². The van der Waals surface area contributed by atoms with Crippen LogP contribution in [0.3, 0.4) is 0 Å². The second-order valence-electron chi connectivity index (χ2n) is 13.6. The molecule has 0 aromatic heterocycles. The second kappa shape index (κ2) is 40.7. The van der Waals surface area contributed by atoms with Crippen molar-refractivity contribution in [2.75, 3.05) is 19.8 Å². The minimum Gasteiger partial charge on any atom is -0.756 e. The topological polar surface area (TPSA) is 111 Å². The molecule has 0 rings (SSSR count). The Kier molecular flexibility index (Phi) is 42.0. The Labute approximate surface area is 335 Å². The predicted molar refractivity (Wildman–Crippen MR) is 205 cm³/mol. The second-order valence-corrected chi connectivity index (χ2v) is 15.0. The molecule has 10 heteroatoms. The molecular formula is C41H76NaO8P. The Balaban J connectivity index is 0. The van der Waals surface area contributed by atoms with E-state index < -0.39 is 32.5 Å². The minimum absolute atomic E-state index is 0. The molecule has 0 aromatic rings. The fourth-order valence-electron chi connectivity index (χ4n) is 5.67. The molecule has 0 bridgehead atoms. The van der Waals surface area contributed by atoms with Gasteiger partial charge in [0.25, 0.3) is 7.82 Å². The minimum atomic E-state index is -4.53. The van der Waals surface area contributed by atoms with Crippen LogP contribution in [0.1, 0.15) is 201 Å². The molecule has 0 aromatic carbocycles. The molecule has 0 radical (unpaired) electrons. The third-order valence-electron chi connectivity index (χ3n) is 8.72. The standard InChI is InChI=1S/C41H77O8P.Na/c1-4-7-9-11-13-15-17-19-21-23-25-27-29-31-33-35-40(42)46-37-39(38-48-50(44,45)47-6-3)49-41(43)36-34-32-30-28-26-24-22-20-18-16-14-12-10-8-5-2;/h19-22,39H,4-18,23-38H2,1-3H3,(H,44,45);/q;+1/p-1/b21-19-,22-20-;/t39-;/m1./s1. The Morgan fingerprint density at radius 1 is 0.529 bits per heavy atom. The number of hydrogen-bond donors (Lipinski definition) is 0. The van der Waals surface area contributed by atoms with Crippen molar-refractivity contribution in [2.24, 2.45) is 0 Å². The molecule has 0 heterocycles. The number of phosphoric ester groups is 1. The zero-order chi connectivity index (χ0) is 36.8. The number of unbranched alkanes of at least 4 members (excludes halogenated alkanes) is 22. The van der Waals surface area contributed by atoms with Crippen LogP contribution >= 0.6 is 7.82 Å². The number of hydrogen-bond acceptors (Lipinski definition) is 8. The summed E-state index contributed by atoms with van der Waals surface area (Å²) in [6.07, 6.45) is 39.2. The van der Waals surface area contributed by atoms with Crippen molar-refractivity contribution in [3.8, 4) is 0 Å². The third-order valence-corrected chi connectivity index (χ3v) is 9.76. The number of carbonyl (C=O) groups excluding carboxylic acids is 2. The Hall–Kier alpha value is -0.470. The summed E-state index contributed by atoms with van der Waals surface area (Å²) in [7, 11) is -4.53. The van der Waals surface area contributed by atoms with Crippen LogP contribution in [-0.4, -0.2) is 37.9 Å². The van der Waals surface area contributed by atoms with Crippen LogP contribution in [0.15, 0.2) is 24.3 Å². The van der Waals surface area contributed by atoms with E-state index in [0.717, 1.165) is 70.6 Å². The molecule has 2 atom stereocenters. The molecule has 0 aliphatic rings. The third kappa shape index (κ3) is 40.5. The molecule has 0 saturated carbocycles. The summed E-state index contributed by atoms with van der Waals surface area (Å²) in [5.41, 5.74) is 0. The first kappa shape index (κ1) is 52.6. The zero-order valence-corrected chi connectivity index (χ0v) is 36.4. The van der Waals surface area contributed by atoms with Gasteiger partial charge in [-0.05, 0) is 71.1 Å². The monoisotopic (exact) mass is 751 g/mol. The molecule has 1 unspecified atom stereocenters. The van der Waals surface area contributed by atoms with Crippen LogP contribution in [0.2, 0.25) is 0 Å². The summed E-state index contributed by atoms with van der Waals surface area (Å²) in [6.45, 7) is 5.25. The van der Waals surface area contributed by atoms with Gasteiger partial charge in [0.1, 0.15) is 6.61 Å². The summed E-state index contributed by atoms with van der Waals surface area (Å²) >= 11 is 0. The van der Waals surface area contributed by atoms with Gasteiger partial charge >= 0.3 is 41.5 Å². The van der Waals surface area contributed by atoms with Gasteiger partial charge in [-0.3, -0.25) is 14.2 Å². The Morgan fingerprint density at radius 2 is 0.902 bits per heavy atom. The number of carbonyl (C=O) groups is 2. The molecule has 0 amide bonds. The van der Waals surface area contributed by atoms with Gasteiger partial charge in [0.05, 0.1) is 13.2 Å². The number of phosphoric acid groups is 1. The average molecular weight is 751 g/mol. The molecule has 51 heavy (non-hydrogen) atoms. The molecule has 294 valence electrons. The number of rotatable bonds is 38. The maximum Gasteiger partial charge on any atom is 1.00 e. The van der Waals surface area contributed by atoms with E-state index in [4.69, 9.17) is 14.0 Å². The van der Waals surface area contributed by atoms with Crippen LogP contribution in [0, 0.1) is 0 Å². The van der Waals surface area contributed by atoms with Crippen molar-refractivity contribution in [3.05, 3.63) is 24.3 Å². The van der Waals surface area contributed by atoms with Crippen molar-refractivity contribution < 1.29 is 67.1 Å². The van der Waals surface area contributed by atoms with E-state index in [2.05, 4.69) is 42.7 Å². The van der Waals surface area contributed by atoms with Crippen LogP contribution in [0.4, 0.5) is 0 Å². The van der Waals surface area contributed by atoms with Crippen molar-refractivity contribution in [1.29, 1.82) is 0 Å². The molecule has 0 fully saturated rings. The van der Waals surface area contributed by atoms with Gasteiger partial charge in [0.15, 0.2) is 6.10 Å². The van der Waals surface area contributed by atoms with Crippen LogP contribution in [0.25, 0.3) is 0 Å². The van der Waals surface area contributed by atoms with E-state index in [1.54, 1.807) is 0 Å². The molecule has 0 spiro atoms.